The Bertz CT molecular complexity index is 1430. The molecule has 0 spiro atoms. The van der Waals surface area contributed by atoms with Gasteiger partial charge in [0, 0.05) is 17.2 Å². The number of oxime groups is 1. The lowest BCUT2D eigenvalue weighted by atomic mass is 10.1. The number of nitrogens with one attached hydrogen (secondary N) is 1. The molecule has 0 radical (unpaired) electrons. The zero-order valence-electron chi connectivity index (χ0n) is 18.3. The second-order valence-electron chi connectivity index (χ2n) is 7.34. The third-order valence-corrected chi connectivity index (χ3v) is 6.33. The smallest absolute Gasteiger partial charge is 0.339 e. The van der Waals surface area contributed by atoms with E-state index in [4.69, 9.17) is 24.6 Å². The molecule has 0 bridgehead atoms. The van der Waals surface area contributed by atoms with Crippen molar-refractivity contribution >= 4 is 28.1 Å². The normalized spacial score (nSPS) is 13.1. The molecule has 1 aliphatic heterocycles. The van der Waals surface area contributed by atoms with E-state index in [1.807, 2.05) is 0 Å². The molecule has 12 heteroatoms. The fourth-order valence-corrected chi connectivity index (χ4v) is 4.33. The summed E-state index contributed by atoms with van der Waals surface area (Å²) in [6.45, 7) is 1.63. The molecule has 0 fully saturated rings. The number of amidine groups is 1. The number of hydrazone groups is 1. The number of nitrogens with two attached hydrogens (primary N) is 1. The van der Waals surface area contributed by atoms with E-state index in [0.717, 1.165) is 0 Å². The monoisotopic (exact) mass is 496 g/mol. The molecule has 11 nitrogen and oxygen atoms in total. The van der Waals surface area contributed by atoms with Crippen molar-refractivity contribution in [3.05, 3.63) is 82.9 Å². The third kappa shape index (κ3) is 5.33. The largest absolute Gasteiger partial charge is 0.454 e. The lowest BCUT2D eigenvalue weighted by Crippen LogP contribution is -2.18. The van der Waals surface area contributed by atoms with Crippen molar-refractivity contribution in [1.82, 2.24) is 5.43 Å². The van der Waals surface area contributed by atoms with Gasteiger partial charge in [0.2, 0.25) is 6.79 Å². The van der Waals surface area contributed by atoms with Crippen LogP contribution in [0.25, 0.3) is 0 Å². The molecule has 4 rings (SSSR count). The van der Waals surface area contributed by atoms with Crippen LogP contribution in [0.2, 0.25) is 0 Å². The van der Waals surface area contributed by atoms with Crippen LogP contribution in [-0.2, 0) is 10.1 Å². The van der Waals surface area contributed by atoms with Crippen molar-refractivity contribution in [3.63, 3.8) is 0 Å². The highest BCUT2D eigenvalue weighted by molar-refractivity contribution is 7.87. The van der Waals surface area contributed by atoms with Crippen molar-refractivity contribution in [2.45, 2.75) is 11.8 Å². The van der Waals surface area contributed by atoms with Crippen LogP contribution in [-0.4, -0.2) is 38.4 Å². The number of hydrogen-bond donors (Lipinski definition) is 3. The van der Waals surface area contributed by atoms with Crippen molar-refractivity contribution in [1.29, 1.82) is 0 Å². The molecule has 180 valence electrons. The first kappa shape index (κ1) is 23.6. The number of fused-ring (bicyclic) bond motifs is 1. The van der Waals surface area contributed by atoms with Crippen molar-refractivity contribution in [3.8, 4) is 17.2 Å². The number of aryl methyl sites for hydroxylation is 1. The van der Waals surface area contributed by atoms with E-state index in [2.05, 4.69) is 15.7 Å². The van der Waals surface area contributed by atoms with Gasteiger partial charge < -0.3 is 24.6 Å². The highest BCUT2D eigenvalue weighted by Gasteiger charge is 2.25. The van der Waals surface area contributed by atoms with Gasteiger partial charge in [0.1, 0.15) is 10.6 Å². The number of benzene rings is 3. The second-order valence-corrected chi connectivity index (χ2v) is 8.86. The summed E-state index contributed by atoms with van der Waals surface area (Å²) in [6.07, 6.45) is 1.40. The second kappa shape index (κ2) is 9.73. The third-order valence-electron chi connectivity index (χ3n) is 4.94. The lowest BCUT2D eigenvalue weighted by molar-refractivity contribution is 0.0955. The molecule has 3 aromatic rings. The number of hydrogen-bond acceptors (Lipinski definition) is 9. The molecular formula is C23H20N4O7S. The molecule has 1 amide bonds. The van der Waals surface area contributed by atoms with E-state index in [1.165, 1.54) is 36.5 Å². The van der Waals surface area contributed by atoms with Crippen LogP contribution in [0.4, 0.5) is 0 Å². The molecule has 0 aromatic heterocycles. The molecule has 0 saturated carbocycles. The number of rotatable bonds is 7. The molecule has 3 aromatic carbocycles. The maximum Gasteiger partial charge on any atom is 0.339 e. The molecule has 1 heterocycles. The fourth-order valence-electron chi connectivity index (χ4n) is 3.18. The summed E-state index contributed by atoms with van der Waals surface area (Å²) < 4.78 is 41.5. The quantitative estimate of drug-likeness (QED) is 0.148. The summed E-state index contributed by atoms with van der Waals surface area (Å²) in [5.41, 5.74) is 9.62. The summed E-state index contributed by atoms with van der Waals surface area (Å²) in [5.74, 6) is 0.122. The number of amides is 1. The van der Waals surface area contributed by atoms with Crippen LogP contribution in [0.15, 0.2) is 75.8 Å². The number of carbonyl (C=O) groups is 1. The first-order chi connectivity index (χ1) is 16.8. The molecule has 4 N–H and O–H groups in total. The van der Waals surface area contributed by atoms with Gasteiger partial charge in [-0.3, -0.25) is 4.79 Å². The van der Waals surface area contributed by atoms with Crippen molar-refractivity contribution < 1.29 is 32.1 Å². The minimum Gasteiger partial charge on any atom is -0.454 e. The molecule has 1 aliphatic rings. The first-order valence-corrected chi connectivity index (χ1v) is 11.5. The summed E-state index contributed by atoms with van der Waals surface area (Å²) in [4.78, 5) is 12.4. The van der Waals surface area contributed by atoms with Gasteiger partial charge in [-0.2, -0.15) is 13.5 Å². The minimum absolute atomic E-state index is 0.0112. The van der Waals surface area contributed by atoms with Gasteiger partial charge in [-0.25, -0.2) is 5.43 Å². The molecular weight excluding hydrogens is 476 g/mol. The molecule has 35 heavy (non-hydrogen) atoms. The summed E-state index contributed by atoms with van der Waals surface area (Å²) in [7, 11) is -4.20. The maximum atomic E-state index is 12.8. The van der Waals surface area contributed by atoms with Gasteiger partial charge in [-0.05, 0) is 42.3 Å². The Kier molecular flexibility index (Phi) is 6.55. The van der Waals surface area contributed by atoms with E-state index < -0.39 is 16.0 Å². The van der Waals surface area contributed by atoms with Crippen LogP contribution in [0.5, 0.6) is 17.2 Å². The van der Waals surface area contributed by atoms with Crippen LogP contribution in [0.3, 0.4) is 0 Å². The van der Waals surface area contributed by atoms with E-state index in [-0.39, 0.29) is 28.8 Å². The predicted molar refractivity (Wildman–Crippen MR) is 126 cm³/mol. The Morgan fingerprint density at radius 1 is 1.09 bits per heavy atom. The van der Waals surface area contributed by atoms with E-state index >= 15 is 0 Å². The van der Waals surface area contributed by atoms with Crippen LogP contribution < -0.4 is 24.8 Å². The lowest BCUT2D eigenvalue weighted by Gasteiger charge is -2.11. The maximum absolute atomic E-state index is 12.8. The predicted octanol–water partition coefficient (Wildman–Crippen LogP) is 2.35. The number of nitrogens with zero attached hydrogens (tertiary/aromatic N) is 2. The Morgan fingerprint density at radius 3 is 2.51 bits per heavy atom. The van der Waals surface area contributed by atoms with Gasteiger partial charge in [-0.1, -0.05) is 35.5 Å². The van der Waals surface area contributed by atoms with Gasteiger partial charge in [-0.15, -0.1) is 0 Å². The minimum atomic E-state index is -4.20. The average Bonchev–Trinajstić information content (AvgIpc) is 3.30. The van der Waals surface area contributed by atoms with E-state index in [9.17, 15) is 13.2 Å². The summed E-state index contributed by atoms with van der Waals surface area (Å²) in [6, 6.07) is 15.2. The zero-order valence-corrected chi connectivity index (χ0v) is 19.2. The van der Waals surface area contributed by atoms with Gasteiger partial charge in [0.25, 0.3) is 5.91 Å². The Balaban J connectivity index is 1.44. The van der Waals surface area contributed by atoms with Crippen LogP contribution in [0.1, 0.15) is 27.0 Å². The van der Waals surface area contributed by atoms with E-state index in [0.29, 0.717) is 28.2 Å². The van der Waals surface area contributed by atoms with Crippen molar-refractivity contribution in [2.24, 2.45) is 16.0 Å². The average molecular weight is 497 g/mol. The zero-order chi connectivity index (χ0) is 25.0. The topological polar surface area (TPSA) is 162 Å². The number of carbonyl (C=O) groups excluding carboxylic acids is 1. The standard InChI is InChI=1S/C23H20N4O7S/c1-14-9-19-20(33-13-32-19)11-21(14)35(30,31)34-18-4-2-3-17(10-18)23(28)26-25-12-15-5-7-16(8-6-15)22(24)27-29/h2-12,29H,13H2,1H3,(H2,24,27)(H,26,28)/b25-12+. The van der Waals surface area contributed by atoms with Gasteiger partial charge in [0.15, 0.2) is 17.3 Å². The van der Waals surface area contributed by atoms with Crippen molar-refractivity contribution in [2.75, 3.05) is 6.79 Å². The Morgan fingerprint density at radius 2 is 1.80 bits per heavy atom. The highest BCUT2D eigenvalue weighted by atomic mass is 32.2. The summed E-state index contributed by atoms with van der Waals surface area (Å²) in [5, 5.41) is 15.5. The van der Waals surface area contributed by atoms with E-state index in [1.54, 1.807) is 37.3 Å². The molecule has 0 atom stereocenters. The molecule has 0 saturated heterocycles. The van der Waals surface area contributed by atoms with Crippen LogP contribution >= 0.6 is 0 Å². The number of ether oxygens (including phenoxy) is 2. The SMILES string of the molecule is Cc1cc2c(cc1S(=O)(=O)Oc1cccc(C(=O)N/N=C/c3ccc(/C(N)=N/O)cc3)c1)OCO2. The Labute approximate surface area is 200 Å². The Hall–Kier alpha value is -4.58. The first-order valence-electron chi connectivity index (χ1n) is 10.1. The van der Waals surface area contributed by atoms with Gasteiger partial charge >= 0.3 is 10.1 Å². The molecule has 0 aliphatic carbocycles. The fraction of sp³-hybridized carbons (Fsp3) is 0.0870. The van der Waals surface area contributed by atoms with Crippen LogP contribution in [0, 0.1) is 6.92 Å². The summed E-state index contributed by atoms with van der Waals surface area (Å²) >= 11 is 0. The van der Waals surface area contributed by atoms with Gasteiger partial charge in [0.05, 0.1) is 6.21 Å². The highest BCUT2D eigenvalue weighted by Crippen LogP contribution is 2.36. The molecule has 0 unspecified atom stereocenters.